The number of aromatic carboxylic acids is 1. The molecule has 0 bridgehead atoms. The van der Waals surface area contributed by atoms with Gasteiger partial charge < -0.3 is 25.0 Å². The summed E-state index contributed by atoms with van der Waals surface area (Å²) in [5, 5.41) is 20.6. The Morgan fingerprint density at radius 1 is 1.32 bits per heavy atom. The lowest BCUT2D eigenvalue weighted by atomic mass is 10.2. The van der Waals surface area contributed by atoms with Crippen molar-refractivity contribution in [2.45, 2.75) is 0 Å². The SMILES string of the molecule is COCCOCC(=O)Nc1ccc(C(=O)O)c(O)c1. The summed E-state index contributed by atoms with van der Waals surface area (Å²) in [4.78, 5) is 22.1. The van der Waals surface area contributed by atoms with Crippen molar-refractivity contribution >= 4 is 17.6 Å². The minimum absolute atomic E-state index is 0.148. The Morgan fingerprint density at radius 2 is 2.05 bits per heavy atom. The van der Waals surface area contributed by atoms with Crippen molar-refractivity contribution in [3.05, 3.63) is 23.8 Å². The molecule has 19 heavy (non-hydrogen) atoms. The van der Waals surface area contributed by atoms with Crippen molar-refractivity contribution in [1.29, 1.82) is 0 Å². The first-order valence-electron chi connectivity index (χ1n) is 5.47. The van der Waals surface area contributed by atoms with E-state index in [-0.39, 0.29) is 12.2 Å². The van der Waals surface area contributed by atoms with Gasteiger partial charge in [0.1, 0.15) is 17.9 Å². The van der Waals surface area contributed by atoms with Crippen LogP contribution in [0.3, 0.4) is 0 Å². The lowest BCUT2D eigenvalue weighted by Crippen LogP contribution is -2.19. The molecule has 0 spiro atoms. The minimum atomic E-state index is -1.24. The fourth-order valence-corrected chi connectivity index (χ4v) is 1.29. The predicted molar refractivity (Wildman–Crippen MR) is 66.4 cm³/mol. The number of phenols is 1. The summed E-state index contributed by atoms with van der Waals surface area (Å²) in [7, 11) is 1.52. The molecule has 0 saturated heterocycles. The summed E-state index contributed by atoms with van der Waals surface area (Å²) in [5.41, 5.74) is 0.0668. The van der Waals surface area contributed by atoms with Crippen LogP contribution < -0.4 is 5.32 Å². The van der Waals surface area contributed by atoms with Gasteiger partial charge in [-0.25, -0.2) is 4.79 Å². The molecule has 0 saturated carbocycles. The van der Waals surface area contributed by atoms with Gasteiger partial charge in [-0.05, 0) is 12.1 Å². The molecule has 7 nitrogen and oxygen atoms in total. The third-order valence-corrected chi connectivity index (χ3v) is 2.18. The van der Waals surface area contributed by atoms with Gasteiger partial charge in [0.2, 0.25) is 5.91 Å². The highest BCUT2D eigenvalue weighted by molar-refractivity contribution is 5.94. The Bertz CT molecular complexity index is 460. The van der Waals surface area contributed by atoms with E-state index in [1.807, 2.05) is 0 Å². The number of nitrogens with one attached hydrogen (secondary N) is 1. The second kappa shape index (κ2) is 7.34. The molecule has 0 aliphatic carbocycles. The predicted octanol–water partition coefficient (Wildman–Crippen LogP) is 0.692. The van der Waals surface area contributed by atoms with Crippen molar-refractivity contribution in [3.8, 4) is 5.75 Å². The molecular weight excluding hydrogens is 254 g/mol. The zero-order valence-corrected chi connectivity index (χ0v) is 10.4. The lowest BCUT2D eigenvalue weighted by molar-refractivity contribution is -0.121. The fraction of sp³-hybridized carbons (Fsp3) is 0.333. The molecule has 0 aromatic heterocycles. The third kappa shape index (κ3) is 4.94. The van der Waals surface area contributed by atoms with Crippen LogP contribution >= 0.6 is 0 Å². The Hall–Kier alpha value is -2.12. The minimum Gasteiger partial charge on any atom is -0.507 e. The van der Waals surface area contributed by atoms with Crippen molar-refractivity contribution in [3.63, 3.8) is 0 Å². The van der Waals surface area contributed by atoms with Crippen molar-refractivity contribution in [2.24, 2.45) is 0 Å². The Labute approximate surface area is 109 Å². The number of rotatable bonds is 7. The summed E-state index contributed by atoms with van der Waals surface area (Å²) in [6, 6.07) is 3.76. The lowest BCUT2D eigenvalue weighted by Gasteiger charge is -2.07. The number of benzene rings is 1. The summed E-state index contributed by atoms with van der Waals surface area (Å²) in [6.07, 6.45) is 0. The van der Waals surface area contributed by atoms with Crippen LogP contribution in [0.5, 0.6) is 5.75 Å². The van der Waals surface area contributed by atoms with Gasteiger partial charge in [0.25, 0.3) is 0 Å². The largest absolute Gasteiger partial charge is 0.507 e. The molecule has 1 aromatic rings. The van der Waals surface area contributed by atoms with Crippen LogP contribution in [0, 0.1) is 0 Å². The molecule has 0 aliphatic rings. The molecule has 0 aliphatic heterocycles. The number of carboxylic acids is 1. The second-order valence-corrected chi connectivity index (χ2v) is 3.63. The summed E-state index contributed by atoms with van der Waals surface area (Å²) >= 11 is 0. The maximum Gasteiger partial charge on any atom is 0.339 e. The first kappa shape index (κ1) is 14.9. The molecule has 1 amide bonds. The van der Waals surface area contributed by atoms with Gasteiger partial charge in [-0.15, -0.1) is 0 Å². The Kier molecular flexibility index (Phi) is 5.77. The molecular formula is C12H15NO6. The number of anilines is 1. The zero-order chi connectivity index (χ0) is 14.3. The van der Waals surface area contributed by atoms with Gasteiger partial charge >= 0.3 is 5.97 Å². The molecule has 0 radical (unpaired) electrons. The van der Waals surface area contributed by atoms with E-state index in [0.29, 0.717) is 18.9 Å². The number of methoxy groups -OCH3 is 1. The van der Waals surface area contributed by atoms with E-state index in [1.54, 1.807) is 0 Å². The maximum atomic E-state index is 11.4. The van der Waals surface area contributed by atoms with Crippen LogP contribution in [0.4, 0.5) is 5.69 Å². The van der Waals surface area contributed by atoms with E-state index in [1.165, 1.54) is 19.2 Å². The van der Waals surface area contributed by atoms with Crippen molar-refractivity contribution < 1.29 is 29.3 Å². The fourth-order valence-electron chi connectivity index (χ4n) is 1.29. The number of aromatic hydroxyl groups is 1. The van der Waals surface area contributed by atoms with Crippen molar-refractivity contribution in [2.75, 3.05) is 32.2 Å². The van der Waals surface area contributed by atoms with E-state index in [2.05, 4.69) is 5.32 Å². The van der Waals surface area contributed by atoms with E-state index >= 15 is 0 Å². The highest BCUT2D eigenvalue weighted by atomic mass is 16.5. The molecule has 0 unspecified atom stereocenters. The topological polar surface area (TPSA) is 105 Å². The number of carbonyl (C=O) groups is 2. The molecule has 7 heteroatoms. The normalized spacial score (nSPS) is 10.2. The summed E-state index contributed by atoms with van der Waals surface area (Å²) in [5.74, 6) is -2.05. The number of carbonyl (C=O) groups excluding carboxylic acids is 1. The van der Waals surface area contributed by atoms with Gasteiger partial charge in [-0.2, -0.15) is 0 Å². The number of hydrogen-bond donors (Lipinski definition) is 3. The summed E-state index contributed by atoms with van der Waals surface area (Å²) in [6.45, 7) is 0.541. The summed E-state index contributed by atoms with van der Waals surface area (Å²) < 4.78 is 9.75. The highest BCUT2D eigenvalue weighted by Crippen LogP contribution is 2.21. The number of amides is 1. The molecule has 0 fully saturated rings. The smallest absolute Gasteiger partial charge is 0.339 e. The van der Waals surface area contributed by atoms with Gasteiger partial charge in [0, 0.05) is 18.9 Å². The van der Waals surface area contributed by atoms with Gasteiger partial charge in [-0.1, -0.05) is 0 Å². The van der Waals surface area contributed by atoms with Crippen LogP contribution in [0.1, 0.15) is 10.4 Å². The Balaban J connectivity index is 2.51. The molecule has 0 heterocycles. The number of hydrogen-bond acceptors (Lipinski definition) is 5. The van der Waals surface area contributed by atoms with Crippen LogP contribution in [0.15, 0.2) is 18.2 Å². The molecule has 1 rings (SSSR count). The van der Waals surface area contributed by atoms with Crippen LogP contribution in [0.25, 0.3) is 0 Å². The molecule has 3 N–H and O–H groups in total. The van der Waals surface area contributed by atoms with Gasteiger partial charge in [0.05, 0.1) is 13.2 Å². The average molecular weight is 269 g/mol. The number of ether oxygens (including phenoxy) is 2. The Morgan fingerprint density at radius 3 is 2.63 bits per heavy atom. The molecule has 0 atom stereocenters. The van der Waals surface area contributed by atoms with E-state index < -0.39 is 17.6 Å². The highest BCUT2D eigenvalue weighted by Gasteiger charge is 2.10. The number of carboxylic acid groups (broad SMARTS) is 1. The molecule has 1 aromatic carbocycles. The monoisotopic (exact) mass is 269 g/mol. The third-order valence-electron chi connectivity index (χ3n) is 2.18. The van der Waals surface area contributed by atoms with Crippen LogP contribution in [-0.4, -0.2) is 49.0 Å². The standard InChI is InChI=1S/C12H15NO6/c1-18-4-5-19-7-11(15)13-8-2-3-9(12(16)17)10(14)6-8/h2-3,6,14H,4-5,7H2,1H3,(H,13,15)(H,16,17). The first-order valence-corrected chi connectivity index (χ1v) is 5.47. The molecule has 104 valence electrons. The van der Waals surface area contributed by atoms with Crippen LogP contribution in [0.2, 0.25) is 0 Å². The van der Waals surface area contributed by atoms with E-state index in [9.17, 15) is 14.7 Å². The first-order chi connectivity index (χ1) is 9.04. The maximum absolute atomic E-state index is 11.4. The zero-order valence-electron chi connectivity index (χ0n) is 10.4. The van der Waals surface area contributed by atoms with Crippen LogP contribution in [-0.2, 0) is 14.3 Å². The van der Waals surface area contributed by atoms with E-state index in [0.717, 1.165) is 6.07 Å². The quantitative estimate of drug-likeness (QED) is 0.629. The van der Waals surface area contributed by atoms with E-state index in [4.69, 9.17) is 14.6 Å². The second-order valence-electron chi connectivity index (χ2n) is 3.63. The average Bonchev–Trinajstić information content (AvgIpc) is 2.34. The van der Waals surface area contributed by atoms with Gasteiger partial charge in [-0.3, -0.25) is 4.79 Å². The van der Waals surface area contributed by atoms with Crippen molar-refractivity contribution in [1.82, 2.24) is 0 Å². The van der Waals surface area contributed by atoms with Gasteiger partial charge in [0.15, 0.2) is 0 Å².